The summed E-state index contributed by atoms with van der Waals surface area (Å²) in [5, 5.41) is 11.6. The van der Waals surface area contributed by atoms with E-state index in [4.69, 9.17) is 5.11 Å². The van der Waals surface area contributed by atoms with Gasteiger partial charge in [-0.15, -0.1) is 0 Å². The molecule has 7 nitrogen and oxygen atoms in total. The molecule has 0 aliphatic carbocycles. The monoisotopic (exact) mass is 295 g/mol. The van der Waals surface area contributed by atoms with Gasteiger partial charge >= 0.3 is 11.9 Å². The molecule has 114 valence electrons. The third kappa shape index (κ3) is 5.13. The second-order valence-electron chi connectivity index (χ2n) is 4.21. The molecular formula is C14H17NO6. The number of nitrogens with one attached hydrogen (secondary N) is 1. The van der Waals surface area contributed by atoms with Crippen LogP contribution < -0.4 is 5.32 Å². The lowest BCUT2D eigenvalue weighted by Gasteiger charge is -2.16. The van der Waals surface area contributed by atoms with Crippen LogP contribution >= 0.6 is 0 Å². The number of esters is 2. The highest BCUT2D eigenvalue weighted by atomic mass is 16.5. The summed E-state index contributed by atoms with van der Waals surface area (Å²) in [6.45, 7) is 0. The van der Waals surface area contributed by atoms with Gasteiger partial charge in [0.25, 0.3) is 5.91 Å². The van der Waals surface area contributed by atoms with Gasteiger partial charge in [0.15, 0.2) is 0 Å². The van der Waals surface area contributed by atoms with Crippen molar-refractivity contribution in [3.05, 3.63) is 29.8 Å². The van der Waals surface area contributed by atoms with Gasteiger partial charge in [0, 0.05) is 12.0 Å². The van der Waals surface area contributed by atoms with E-state index in [1.807, 2.05) is 0 Å². The lowest BCUT2D eigenvalue weighted by atomic mass is 10.1. The minimum Gasteiger partial charge on any atom is -0.508 e. The van der Waals surface area contributed by atoms with Gasteiger partial charge in [-0.05, 0) is 30.7 Å². The second-order valence-corrected chi connectivity index (χ2v) is 4.21. The van der Waals surface area contributed by atoms with Crippen molar-refractivity contribution in [3.8, 4) is 5.75 Å². The van der Waals surface area contributed by atoms with Crippen molar-refractivity contribution in [2.75, 3.05) is 14.2 Å². The van der Waals surface area contributed by atoms with E-state index in [1.165, 1.54) is 38.5 Å². The maximum Gasteiger partial charge on any atom is 0.328 e. The molecule has 0 bridgehead atoms. The number of carbonyl (C=O) groups excluding carboxylic acids is 3. The number of ether oxygens (including phenoxy) is 2. The fraction of sp³-hybridized carbons (Fsp3) is 0.357. The van der Waals surface area contributed by atoms with Crippen molar-refractivity contribution >= 4 is 17.8 Å². The van der Waals surface area contributed by atoms with Gasteiger partial charge < -0.3 is 19.9 Å². The summed E-state index contributed by atoms with van der Waals surface area (Å²) in [6, 6.07) is 4.60. The quantitative estimate of drug-likeness (QED) is 0.746. The molecule has 0 spiro atoms. The van der Waals surface area contributed by atoms with E-state index in [0.29, 0.717) is 0 Å². The van der Waals surface area contributed by atoms with E-state index in [-0.39, 0.29) is 24.2 Å². The largest absolute Gasteiger partial charge is 0.508 e. The molecule has 0 radical (unpaired) electrons. The van der Waals surface area contributed by atoms with Crippen LogP contribution in [-0.4, -0.2) is 43.2 Å². The van der Waals surface area contributed by atoms with Gasteiger partial charge in [0.05, 0.1) is 14.2 Å². The molecule has 0 aliphatic heterocycles. The molecule has 0 unspecified atom stereocenters. The van der Waals surface area contributed by atoms with Gasteiger partial charge in [-0.25, -0.2) is 4.79 Å². The van der Waals surface area contributed by atoms with E-state index in [9.17, 15) is 14.4 Å². The Morgan fingerprint density at radius 3 is 2.29 bits per heavy atom. The van der Waals surface area contributed by atoms with Crippen molar-refractivity contribution in [3.63, 3.8) is 0 Å². The van der Waals surface area contributed by atoms with Crippen molar-refractivity contribution in [1.82, 2.24) is 5.32 Å². The molecule has 0 aliphatic rings. The fourth-order valence-corrected chi connectivity index (χ4v) is 1.61. The number of rotatable bonds is 6. The predicted octanol–water partition coefficient (Wildman–Crippen LogP) is 0.617. The zero-order chi connectivity index (χ0) is 15.8. The molecule has 1 aromatic carbocycles. The maximum atomic E-state index is 12.0. The van der Waals surface area contributed by atoms with Crippen LogP contribution in [0.5, 0.6) is 5.75 Å². The van der Waals surface area contributed by atoms with Crippen LogP contribution in [0.4, 0.5) is 0 Å². The van der Waals surface area contributed by atoms with Crippen molar-refractivity contribution in [2.24, 2.45) is 0 Å². The lowest BCUT2D eigenvalue weighted by molar-refractivity contribution is -0.144. The molecule has 2 N–H and O–H groups in total. The van der Waals surface area contributed by atoms with Crippen LogP contribution in [0.1, 0.15) is 23.2 Å². The summed E-state index contributed by atoms with van der Waals surface area (Å²) in [5.74, 6) is -1.61. The highest BCUT2D eigenvalue weighted by Gasteiger charge is 2.23. The van der Waals surface area contributed by atoms with E-state index >= 15 is 0 Å². The molecule has 7 heteroatoms. The standard InChI is InChI=1S/C14H17NO6/c1-20-12(17)8-7-11(14(19)21-2)15-13(18)9-3-5-10(16)6-4-9/h3-6,11,16H,7-8H2,1-2H3,(H,15,18)/t11-/m0/s1. The Bertz CT molecular complexity index is 511. The lowest BCUT2D eigenvalue weighted by Crippen LogP contribution is -2.41. The van der Waals surface area contributed by atoms with Gasteiger partial charge in [-0.1, -0.05) is 0 Å². The molecule has 1 amide bonds. The van der Waals surface area contributed by atoms with Crippen LogP contribution in [0.2, 0.25) is 0 Å². The fourth-order valence-electron chi connectivity index (χ4n) is 1.61. The molecular weight excluding hydrogens is 278 g/mol. The smallest absolute Gasteiger partial charge is 0.328 e. The number of methoxy groups -OCH3 is 2. The summed E-state index contributed by atoms with van der Waals surface area (Å²) in [4.78, 5) is 34.7. The Labute approximate surface area is 121 Å². The summed E-state index contributed by atoms with van der Waals surface area (Å²) in [6.07, 6.45) is 0.0509. The van der Waals surface area contributed by atoms with E-state index in [1.54, 1.807) is 0 Å². The molecule has 0 fully saturated rings. The number of amides is 1. The van der Waals surface area contributed by atoms with Crippen LogP contribution in [0.3, 0.4) is 0 Å². The second kappa shape index (κ2) is 7.88. The average Bonchev–Trinajstić information content (AvgIpc) is 2.50. The highest BCUT2D eigenvalue weighted by Crippen LogP contribution is 2.10. The normalized spacial score (nSPS) is 11.3. The third-order valence-corrected chi connectivity index (χ3v) is 2.79. The molecule has 1 aromatic rings. The van der Waals surface area contributed by atoms with Crippen molar-refractivity contribution in [2.45, 2.75) is 18.9 Å². The summed E-state index contributed by atoms with van der Waals surface area (Å²) in [5.41, 5.74) is 0.278. The van der Waals surface area contributed by atoms with Crippen LogP contribution in [0.25, 0.3) is 0 Å². The first-order chi connectivity index (χ1) is 9.97. The molecule has 0 heterocycles. The summed E-state index contributed by atoms with van der Waals surface area (Å²) >= 11 is 0. The van der Waals surface area contributed by atoms with Crippen LogP contribution in [0, 0.1) is 0 Å². The molecule has 0 saturated carbocycles. The maximum absolute atomic E-state index is 12.0. The zero-order valence-electron chi connectivity index (χ0n) is 11.8. The summed E-state index contributed by atoms with van der Waals surface area (Å²) < 4.78 is 9.07. The third-order valence-electron chi connectivity index (χ3n) is 2.79. The first-order valence-electron chi connectivity index (χ1n) is 6.22. The number of carbonyl (C=O) groups is 3. The predicted molar refractivity (Wildman–Crippen MR) is 72.6 cm³/mol. The Morgan fingerprint density at radius 2 is 1.76 bits per heavy atom. The van der Waals surface area contributed by atoms with Gasteiger partial charge in [0.1, 0.15) is 11.8 Å². The van der Waals surface area contributed by atoms with E-state index < -0.39 is 23.9 Å². The Hall–Kier alpha value is -2.57. The first-order valence-corrected chi connectivity index (χ1v) is 6.22. The number of aromatic hydroxyl groups is 1. The SMILES string of the molecule is COC(=O)CC[C@H](NC(=O)c1ccc(O)cc1)C(=O)OC. The Morgan fingerprint density at radius 1 is 1.14 bits per heavy atom. The summed E-state index contributed by atoms with van der Waals surface area (Å²) in [7, 11) is 2.44. The van der Waals surface area contributed by atoms with Gasteiger partial charge in [-0.3, -0.25) is 9.59 Å². The first kappa shape index (κ1) is 16.5. The van der Waals surface area contributed by atoms with E-state index in [2.05, 4.69) is 14.8 Å². The average molecular weight is 295 g/mol. The number of phenolic OH excluding ortho intramolecular Hbond substituents is 1. The minimum atomic E-state index is -0.949. The molecule has 21 heavy (non-hydrogen) atoms. The number of phenols is 1. The van der Waals surface area contributed by atoms with Gasteiger partial charge in [-0.2, -0.15) is 0 Å². The molecule has 0 aromatic heterocycles. The molecule has 1 rings (SSSR count). The Kier molecular flexibility index (Phi) is 6.19. The van der Waals surface area contributed by atoms with Crippen LogP contribution in [0.15, 0.2) is 24.3 Å². The molecule has 1 atom stereocenters. The van der Waals surface area contributed by atoms with E-state index in [0.717, 1.165) is 0 Å². The van der Waals surface area contributed by atoms with Crippen molar-refractivity contribution in [1.29, 1.82) is 0 Å². The molecule has 0 saturated heterocycles. The zero-order valence-corrected chi connectivity index (χ0v) is 11.8. The number of hydrogen-bond acceptors (Lipinski definition) is 6. The topological polar surface area (TPSA) is 102 Å². The highest BCUT2D eigenvalue weighted by molar-refractivity contribution is 5.96. The number of hydrogen-bond donors (Lipinski definition) is 2. The minimum absolute atomic E-state index is 0.0217. The number of benzene rings is 1. The van der Waals surface area contributed by atoms with Crippen LogP contribution in [-0.2, 0) is 19.1 Å². The Balaban J connectivity index is 2.71. The van der Waals surface area contributed by atoms with Crippen molar-refractivity contribution < 1.29 is 29.0 Å². The van der Waals surface area contributed by atoms with Gasteiger partial charge in [0.2, 0.25) is 0 Å².